The minimum atomic E-state index is -0.252. The summed E-state index contributed by atoms with van der Waals surface area (Å²) in [5, 5.41) is 3.68. The first-order chi connectivity index (χ1) is 12.6. The van der Waals surface area contributed by atoms with Gasteiger partial charge in [-0.15, -0.1) is 0 Å². The maximum Gasteiger partial charge on any atom is 0.251 e. The number of nitrogens with one attached hydrogen (secondary N) is 1. The molecule has 6 nitrogen and oxygen atoms in total. The second kappa shape index (κ2) is 9.35. The standard InChI is InChI=1S/C19H26ClN3O3/c20-16-5-3-15(4-6-16)7-8-21-18(24)14-22-9-11-23(12-10-22)19(25)17-2-1-13-26-17/h3-6,17H,1-2,7-14H2,(H,21,24). The molecule has 1 aromatic rings. The van der Waals surface area contributed by atoms with Gasteiger partial charge in [0.25, 0.3) is 5.91 Å². The van der Waals surface area contributed by atoms with Crippen molar-refractivity contribution in [2.45, 2.75) is 25.4 Å². The van der Waals surface area contributed by atoms with Crippen LogP contribution in [-0.2, 0) is 20.7 Å². The van der Waals surface area contributed by atoms with Gasteiger partial charge in [0.1, 0.15) is 6.10 Å². The average Bonchev–Trinajstić information content (AvgIpc) is 3.18. The van der Waals surface area contributed by atoms with Crippen molar-refractivity contribution in [1.29, 1.82) is 0 Å². The van der Waals surface area contributed by atoms with Gasteiger partial charge in [-0.05, 0) is 37.0 Å². The number of halogens is 1. The highest BCUT2D eigenvalue weighted by Crippen LogP contribution is 2.16. The lowest BCUT2D eigenvalue weighted by Crippen LogP contribution is -2.53. The summed E-state index contributed by atoms with van der Waals surface area (Å²) in [7, 11) is 0. The fourth-order valence-corrected chi connectivity index (χ4v) is 3.48. The quantitative estimate of drug-likeness (QED) is 0.809. The van der Waals surface area contributed by atoms with Crippen LogP contribution < -0.4 is 5.32 Å². The number of piperazine rings is 1. The van der Waals surface area contributed by atoms with Crippen LogP contribution in [0.3, 0.4) is 0 Å². The Labute approximate surface area is 159 Å². The van der Waals surface area contributed by atoms with Crippen LogP contribution in [-0.4, -0.2) is 73.6 Å². The van der Waals surface area contributed by atoms with Gasteiger partial charge in [0.05, 0.1) is 6.54 Å². The third kappa shape index (κ3) is 5.43. The van der Waals surface area contributed by atoms with Gasteiger partial charge in [-0.25, -0.2) is 0 Å². The molecule has 0 spiro atoms. The molecule has 3 rings (SSSR count). The number of rotatable bonds is 6. The van der Waals surface area contributed by atoms with Crippen molar-refractivity contribution in [2.24, 2.45) is 0 Å². The highest BCUT2D eigenvalue weighted by molar-refractivity contribution is 6.30. The van der Waals surface area contributed by atoms with Gasteiger partial charge in [-0.3, -0.25) is 14.5 Å². The first-order valence-corrected chi connectivity index (χ1v) is 9.63. The van der Waals surface area contributed by atoms with E-state index in [1.807, 2.05) is 29.2 Å². The summed E-state index contributed by atoms with van der Waals surface area (Å²) in [5.41, 5.74) is 1.15. The number of nitrogens with zero attached hydrogens (tertiary/aromatic N) is 2. The molecule has 2 aliphatic rings. The summed E-state index contributed by atoms with van der Waals surface area (Å²) in [4.78, 5) is 28.4. The third-order valence-electron chi connectivity index (χ3n) is 4.91. The lowest BCUT2D eigenvalue weighted by Gasteiger charge is -2.35. The van der Waals surface area contributed by atoms with Crippen LogP contribution >= 0.6 is 11.6 Å². The molecule has 0 aliphatic carbocycles. The Morgan fingerprint density at radius 3 is 2.54 bits per heavy atom. The van der Waals surface area contributed by atoms with E-state index in [9.17, 15) is 9.59 Å². The molecule has 0 bridgehead atoms. The Balaban J connectivity index is 1.32. The molecule has 2 fully saturated rings. The fourth-order valence-electron chi connectivity index (χ4n) is 3.36. The minimum Gasteiger partial charge on any atom is -0.368 e. The molecule has 26 heavy (non-hydrogen) atoms. The molecule has 7 heteroatoms. The number of carbonyl (C=O) groups is 2. The van der Waals surface area contributed by atoms with E-state index < -0.39 is 0 Å². The van der Waals surface area contributed by atoms with Crippen molar-refractivity contribution < 1.29 is 14.3 Å². The van der Waals surface area contributed by atoms with Crippen LogP contribution in [0.25, 0.3) is 0 Å². The summed E-state index contributed by atoms with van der Waals surface area (Å²) < 4.78 is 5.47. The van der Waals surface area contributed by atoms with Crippen LogP contribution in [0.2, 0.25) is 5.02 Å². The van der Waals surface area contributed by atoms with Crippen molar-refractivity contribution in [2.75, 3.05) is 45.9 Å². The largest absolute Gasteiger partial charge is 0.368 e. The van der Waals surface area contributed by atoms with E-state index in [0.717, 1.165) is 42.9 Å². The molecule has 1 aromatic carbocycles. The predicted octanol–water partition coefficient (Wildman–Crippen LogP) is 1.32. The monoisotopic (exact) mass is 379 g/mol. The molecule has 2 amide bonds. The zero-order chi connectivity index (χ0) is 18.4. The zero-order valence-corrected chi connectivity index (χ0v) is 15.7. The van der Waals surface area contributed by atoms with E-state index >= 15 is 0 Å². The third-order valence-corrected chi connectivity index (χ3v) is 5.16. The van der Waals surface area contributed by atoms with Gasteiger partial charge < -0.3 is 15.0 Å². The van der Waals surface area contributed by atoms with Gasteiger partial charge in [0.2, 0.25) is 5.91 Å². The smallest absolute Gasteiger partial charge is 0.251 e. The van der Waals surface area contributed by atoms with Crippen LogP contribution in [0, 0.1) is 0 Å². The van der Waals surface area contributed by atoms with Gasteiger partial charge in [0.15, 0.2) is 0 Å². The summed E-state index contributed by atoms with van der Waals surface area (Å²) in [5.74, 6) is 0.132. The topological polar surface area (TPSA) is 61.9 Å². The second-order valence-electron chi connectivity index (χ2n) is 6.83. The van der Waals surface area contributed by atoms with E-state index in [2.05, 4.69) is 10.2 Å². The maximum absolute atomic E-state index is 12.3. The Morgan fingerprint density at radius 1 is 1.15 bits per heavy atom. The lowest BCUT2D eigenvalue weighted by atomic mass is 10.1. The van der Waals surface area contributed by atoms with Crippen molar-refractivity contribution >= 4 is 23.4 Å². The number of carbonyl (C=O) groups excluding carboxylic acids is 2. The molecular formula is C19H26ClN3O3. The maximum atomic E-state index is 12.3. The summed E-state index contributed by atoms with van der Waals surface area (Å²) in [6.07, 6.45) is 2.33. The summed E-state index contributed by atoms with van der Waals surface area (Å²) in [6, 6.07) is 7.66. The molecule has 142 valence electrons. The predicted molar refractivity (Wildman–Crippen MR) is 100 cm³/mol. The number of ether oxygens (including phenoxy) is 1. The van der Waals surface area contributed by atoms with Crippen LogP contribution in [0.5, 0.6) is 0 Å². The van der Waals surface area contributed by atoms with E-state index in [-0.39, 0.29) is 17.9 Å². The molecular weight excluding hydrogens is 354 g/mol. The van der Waals surface area contributed by atoms with E-state index in [0.29, 0.717) is 32.8 Å². The molecule has 1 atom stereocenters. The molecule has 0 radical (unpaired) electrons. The van der Waals surface area contributed by atoms with Crippen LogP contribution in [0.1, 0.15) is 18.4 Å². The van der Waals surface area contributed by atoms with Crippen LogP contribution in [0.4, 0.5) is 0 Å². The minimum absolute atomic E-state index is 0.0258. The molecule has 2 saturated heterocycles. The van der Waals surface area contributed by atoms with Crippen LogP contribution in [0.15, 0.2) is 24.3 Å². The van der Waals surface area contributed by atoms with Gasteiger partial charge in [0, 0.05) is 44.4 Å². The van der Waals surface area contributed by atoms with Crippen molar-refractivity contribution in [3.8, 4) is 0 Å². The SMILES string of the molecule is O=C(CN1CCN(C(=O)C2CCCO2)CC1)NCCc1ccc(Cl)cc1. The Kier molecular flexibility index (Phi) is 6.88. The van der Waals surface area contributed by atoms with Crippen molar-refractivity contribution in [3.05, 3.63) is 34.9 Å². The highest BCUT2D eigenvalue weighted by atomic mass is 35.5. The Bertz CT molecular complexity index is 609. The zero-order valence-electron chi connectivity index (χ0n) is 15.0. The Morgan fingerprint density at radius 2 is 1.88 bits per heavy atom. The van der Waals surface area contributed by atoms with Gasteiger partial charge in [-0.1, -0.05) is 23.7 Å². The number of amides is 2. The average molecular weight is 380 g/mol. The molecule has 0 aromatic heterocycles. The first-order valence-electron chi connectivity index (χ1n) is 9.26. The molecule has 2 aliphatic heterocycles. The summed E-state index contributed by atoms with van der Waals surface area (Å²) >= 11 is 5.86. The van der Waals surface area contributed by atoms with Crippen molar-refractivity contribution in [1.82, 2.24) is 15.1 Å². The molecule has 2 heterocycles. The van der Waals surface area contributed by atoms with Crippen molar-refractivity contribution in [3.63, 3.8) is 0 Å². The molecule has 0 saturated carbocycles. The molecule has 1 unspecified atom stereocenters. The fraction of sp³-hybridized carbons (Fsp3) is 0.579. The first kappa shape index (κ1) is 19.1. The number of benzene rings is 1. The van der Waals surface area contributed by atoms with Gasteiger partial charge >= 0.3 is 0 Å². The summed E-state index contributed by atoms with van der Waals surface area (Å²) in [6.45, 7) is 4.45. The van der Waals surface area contributed by atoms with E-state index in [4.69, 9.17) is 16.3 Å². The lowest BCUT2D eigenvalue weighted by molar-refractivity contribution is -0.142. The molecule has 1 N–H and O–H groups in total. The number of hydrogen-bond donors (Lipinski definition) is 1. The van der Waals surface area contributed by atoms with Gasteiger partial charge in [-0.2, -0.15) is 0 Å². The normalized spacial score (nSPS) is 21.0. The Hall–Kier alpha value is -1.63. The van der Waals surface area contributed by atoms with E-state index in [1.54, 1.807) is 0 Å². The van der Waals surface area contributed by atoms with E-state index in [1.165, 1.54) is 0 Å². The number of hydrogen-bond acceptors (Lipinski definition) is 4. The highest BCUT2D eigenvalue weighted by Gasteiger charge is 2.30. The second-order valence-corrected chi connectivity index (χ2v) is 7.27.